The van der Waals surface area contributed by atoms with Gasteiger partial charge in [-0.15, -0.1) is 0 Å². The molecule has 2 aliphatic rings. The van der Waals surface area contributed by atoms with Gasteiger partial charge >= 0.3 is 0 Å². The minimum atomic E-state index is -0.128. The van der Waals surface area contributed by atoms with Crippen LogP contribution in [0.1, 0.15) is 51.4 Å². The Labute approximate surface area is 116 Å². The molecule has 4 nitrogen and oxygen atoms in total. The second kappa shape index (κ2) is 7.85. The van der Waals surface area contributed by atoms with Crippen molar-refractivity contribution in [3.05, 3.63) is 0 Å². The van der Waals surface area contributed by atoms with Gasteiger partial charge in [0.1, 0.15) is 0 Å². The number of rotatable bonds is 5. The summed E-state index contributed by atoms with van der Waals surface area (Å²) >= 11 is 0. The zero-order valence-electron chi connectivity index (χ0n) is 11.9. The molecule has 1 saturated carbocycles. The topological polar surface area (TPSA) is 52.6 Å². The highest BCUT2D eigenvalue weighted by Crippen LogP contribution is 2.22. The van der Waals surface area contributed by atoms with E-state index in [-0.39, 0.29) is 12.0 Å². The van der Waals surface area contributed by atoms with Crippen molar-refractivity contribution in [3.8, 4) is 0 Å². The number of carbonyl (C=O) groups excluding carboxylic acids is 1. The third-order valence-corrected chi connectivity index (χ3v) is 4.52. The second-order valence-corrected chi connectivity index (χ2v) is 6.13. The monoisotopic (exact) mass is 268 g/mol. The average Bonchev–Trinajstić information content (AvgIpc) is 2.45. The third kappa shape index (κ3) is 5.49. The fourth-order valence-electron chi connectivity index (χ4n) is 3.14. The summed E-state index contributed by atoms with van der Waals surface area (Å²) in [4.78, 5) is 14.1. The second-order valence-electron chi connectivity index (χ2n) is 6.13. The normalized spacial score (nSPS) is 23.4. The van der Waals surface area contributed by atoms with Crippen molar-refractivity contribution in [2.24, 2.45) is 5.92 Å². The summed E-state index contributed by atoms with van der Waals surface area (Å²) < 4.78 is 0. The molecule has 4 heteroatoms. The standard InChI is InChI=1S/C15H28N2O2/c18-14-6-9-17(10-7-14)11-8-15(19)16-12-13-4-2-1-3-5-13/h13-14,18H,1-12H2,(H,16,19). The number of hydrogen-bond acceptors (Lipinski definition) is 3. The highest BCUT2D eigenvalue weighted by molar-refractivity contribution is 5.76. The molecule has 2 fully saturated rings. The fraction of sp³-hybridized carbons (Fsp3) is 0.933. The van der Waals surface area contributed by atoms with Gasteiger partial charge in [-0.3, -0.25) is 4.79 Å². The molecule has 110 valence electrons. The van der Waals surface area contributed by atoms with Crippen molar-refractivity contribution in [2.45, 2.75) is 57.5 Å². The number of nitrogens with zero attached hydrogens (tertiary/aromatic N) is 1. The van der Waals surface area contributed by atoms with Crippen molar-refractivity contribution in [1.82, 2.24) is 10.2 Å². The molecule has 2 rings (SSSR count). The molecule has 1 aliphatic carbocycles. The molecule has 1 amide bonds. The van der Waals surface area contributed by atoms with Crippen molar-refractivity contribution in [2.75, 3.05) is 26.2 Å². The molecule has 1 heterocycles. The summed E-state index contributed by atoms with van der Waals surface area (Å²) in [6.45, 7) is 3.56. The van der Waals surface area contributed by atoms with Crippen LogP contribution in [0.25, 0.3) is 0 Å². The van der Waals surface area contributed by atoms with E-state index >= 15 is 0 Å². The lowest BCUT2D eigenvalue weighted by molar-refractivity contribution is -0.121. The zero-order valence-corrected chi connectivity index (χ0v) is 11.9. The number of amides is 1. The van der Waals surface area contributed by atoms with Crippen molar-refractivity contribution >= 4 is 5.91 Å². The van der Waals surface area contributed by atoms with E-state index in [2.05, 4.69) is 10.2 Å². The van der Waals surface area contributed by atoms with Crippen LogP contribution in [0, 0.1) is 5.92 Å². The predicted molar refractivity (Wildman–Crippen MR) is 75.9 cm³/mol. The highest BCUT2D eigenvalue weighted by atomic mass is 16.3. The quantitative estimate of drug-likeness (QED) is 0.795. The minimum absolute atomic E-state index is 0.128. The van der Waals surface area contributed by atoms with E-state index in [0.29, 0.717) is 12.3 Å². The lowest BCUT2D eigenvalue weighted by Crippen LogP contribution is -2.39. The molecule has 0 radical (unpaired) electrons. The van der Waals surface area contributed by atoms with Gasteiger partial charge in [-0.25, -0.2) is 0 Å². The van der Waals surface area contributed by atoms with Gasteiger partial charge in [0.05, 0.1) is 6.10 Å². The Bertz CT molecular complexity index is 269. The fourth-order valence-corrected chi connectivity index (χ4v) is 3.14. The molecule has 0 atom stereocenters. The summed E-state index contributed by atoms with van der Waals surface area (Å²) in [7, 11) is 0. The molecule has 19 heavy (non-hydrogen) atoms. The molecule has 0 bridgehead atoms. The van der Waals surface area contributed by atoms with E-state index in [1.165, 1.54) is 32.1 Å². The number of aliphatic hydroxyl groups excluding tert-OH is 1. The molecule has 2 N–H and O–H groups in total. The van der Waals surface area contributed by atoms with Crippen LogP contribution in [0.4, 0.5) is 0 Å². The van der Waals surface area contributed by atoms with Crippen LogP contribution >= 0.6 is 0 Å². The number of likely N-dealkylation sites (tertiary alicyclic amines) is 1. The number of nitrogens with one attached hydrogen (secondary N) is 1. The van der Waals surface area contributed by atoms with Gasteiger partial charge in [0.15, 0.2) is 0 Å². The van der Waals surface area contributed by atoms with Crippen molar-refractivity contribution in [3.63, 3.8) is 0 Å². The smallest absolute Gasteiger partial charge is 0.221 e. The summed E-state index contributed by atoms with van der Waals surface area (Å²) in [5, 5.41) is 12.5. The molecule has 1 saturated heterocycles. The average molecular weight is 268 g/mol. The van der Waals surface area contributed by atoms with Crippen LogP contribution in [0.3, 0.4) is 0 Å². The lowest BCUT2D eigenvalue weighted by atomic mass is 9.89. The van der Waals surface area contributed by atoms with Gasteiger partial charge in [0.25, 0.3) is 0 Å². The van der Waals surface area contributed by atoms with Crippen molar-refractivity contribution < 1.29 is 9.90 Å². The number of carbonyl (C=O) groups is 1. The van der Waals surface area contributed by atoms with Crippen LogP contribution in [0.2, 0.25) is 0 Å². The predicted octanol–water partition coefficient (Wildman–Crippen LogP) is 1.53. The van der Waals surface area contributed by atoms with E-state index < -0.39 is 0 Å². The van der Waals surface area contributed by atoms with Gasteiger partial charge in [0.2, 0.25) is 5.91 Å². The molecular formula is C15H28N2O2. The first kappa shape index (κ1) is 14.8. The Morgan fingerprint density at radius 1 is 1.11 bits per heavy atom. The third-order valence-electron chi connectivity index (χ3n) is 4.52. The van der Waals surface area contributed by atoms with E-state index in [4.69, 9.17) is 0 Å². The minimum Gasteiger partial charge on any atom is -0.393 e. The zero-order chi connectivity index (χ0) is 13.5. The summed E-state index contributed by atoms with van der Waals surface area (Å²) in [6, 6.07) is 0. The van der Waals surface area contributed by atoms with E-state index in [1.54, 1.807) is 0 Å². The van der Waals surface area contributed by atoms with Gasteiger partial charge in [-0.1, -0.05) is 19.3 Å². The van der Waals surface area contributed by atoms with Gasteiger partial charge in [0, 0.05) is 32.6 Å². The SMILES string of the molecule is O=C(CCN1CCC(O)CC1)NCC1CCCCC1. The first-order valence-corrected chi connectivity index (χ1v) is 7.91. The lowest BCUT2D eigenvalue weighted by Gasteiger charge is -2.29. The largest absolute Gasteiger partial charge is 0.393 e. The summed E-state index contributed by atoms with van der Waals surface area (Å²) in [5.74, 6) is 0.902. The van der Waals surface area contributed by atoms with Crippen LogP contribution in [-0.2, 0) is 4.79 Å². The maximum Gasteiger partial charge on any atom is 0.221 e. The first-order valence-electron chi connectivity index (χ1n) is 7.91. The van der Waals surface area contributed by atoms with Crippen LogP contribution in [-0.4, -0.2) is 48.2 Å². The number of hydrogen-bond donors (Lipinski definition) is 2. The Morgan fingerprint density at radius 3 is 2.47 bits per heavy atom. The van der Waals surface area contributed by atoms with E-state index in [0.717, 1.165) is 39.0 Å². The molecule has 1 aliphatic heterocycles. The highest BCUT2D eigenvalue weighted by Gasteiger charge is 2.18. The van der Waals surface area contributed by atoms with Gasteiger partial charge in [-0.2, -0.15) is 0 Å². The van der Waals surface area contributed by atoms with E-state index in [1.807, 2.05) is 0 Å². The van der Waals surface area contributed by atoms with Gasteiger partial charge < -0.3 is 15.3 Å². The molecule has 0 spiro atoms. The maximum absolute atomic E-state index is 11.8. The molecule has 0 aromatic rings. The molecule has 0 unspecified atom stereocenters. The van der Waals surface area contributed by atoms with Crippen molar-refractivity contribution in [1.29, 1.82) is 0 Å². The Morgan fingerprint density at radius 2 is 1.79 bits per heavy atom. The van der Waals surface area contributed by atoms with Crippen LogP contribution in [0.15, 0.2) is 0 Å². The summed E-state index contributed by atoms with van der Waals surface area (Å²) in [6.07, 6.45) is 8.76. The van der Waals surface area contributed by atoms with Crippen LogP contribution < -0.4 is 5.32 Å². The first-order chi connectivity index (χ1) is 9.24. The van der Waals surface area contributed by atoms with Gasteiger partial charge in [-0.05, 0) is 31.6 Å². The maximum atomic E-state index is 11.8. The molecule has 0 aromatic carbocycles. The molecule has 0 aromatic heterocycles. The Balaban J connectivity index is 1.54. The number of aliphatic hydroxyl groups is 1. The number of piperidine rings is 1. The Kier molecular flexibility index (Phi) is 6.11. The van der Waals surface area contributed by atoms with E-state index in [9.17, 15) is 9.90 Å². The van der Waals surface area contributed by atoms with Crippen LogP contribution in [0.5, 0.6) is 0 Å². The summed E-state index contributed by atoms with van der Waals surface area (Å²) in [5.41, 5.74) is 0. The Hall–Kier alpha value is -0.610. The molecular weight excluding hydrogens is 240 g/mol.